The topological polar surface area (TPSA) is 75.6 Å². The summed E-state index contributed by atoms with van der Waals surface area (Å²) in [5.41, 5.74) is 1.32. The zero-order valence-corrected chi connectivity index (χ0v) is 15.4. The number of aromatic amines is 1. The molecule has 0 atom stereocenters. The molecule has 0 aliphatic heterocycles. The summed E-state index contributed by atoms with van der Waals surface area (Å²) in [4.78, 5) is 16.6. The third kappa shape index (κ3) is 4.22. The number of anilines is 1. The Kier molecular flexibility index (Phi) is 5.42. The minimum atomic E-state index is -0.230. The Balaban J connectivity index is 1.70. The van der Waals surface area contributed by atoms with Crippen molar-refractivity contribution in [2.75, 3.05) is 5.32 Å². The lowest BCUT2D eigenvalue weighted by molar-refractivity contribution is 0.102. The average Bonchev–Trinajstić information content (AvgIpc) is 3.17. The number of nitrogens with one attached hydrogen (secondary N) is 2. The molecule has 0 saturated heterocycles. The number of carbonyl (C=O) groups is 1. The molecule has 3 rings (SSSR count). The van der Waals surface area contributed by atoms with Crippen LogP contribution in [0.15, 0.2) is 42.3 Å². The van der Waals surface area contributed by atoms with Gasteiger partial charge in [-0.2, -0.15) is 5.10 Å². The molecule has 128 valence electrons. The minimum Gasteiger partial charge on any atom is -0.300 e. The van der Waals surface area contributed by atoms with E-state index in [2.05, 4.69) is 27.1 Å². The van der Waals surface area contributed by atoms with Crippen LogP contribution in [-0.2, 0) is 13.0 Å². The Bertz CT molecular complexity index is 958. The van der Waals surface area contributed by atoms with Gasteiger partial charge in [-0.15, -0.1) is 17.9 Å². The molecule has 0 saturated carbocycles. The largest absolute Gasteiger partial charge is 0.300 e. The number of halogens is 1. The summed E-state index contributed by atoms with van der Waals surface area (Å²) in [5, 5.41) is 12.8. The van der Waals surface area contributed by atoms with Crippen LogP contribution in [0.2, 0.25) is 5.02 Å². The van der Waals surface area contributed by atoms with Crippen LogP contribution in [0.25, 0.3) is 0 Å². The van der Waals surface area contributed by atoms with Gasteiger partial charge >= 0.3 is 0 Å². The van der Waals surface area contributed by atoms with E-state index in [1.54, 1.807) is 30.3 Å². The number of H-pyrrole nitrogens is 1. The van der Waals surface area contributed by atoms with Gasteiger partial charge in [-0.05, 0) is 36.5 Å². The molecule has 1 aromatic carbocycles. The zero-order chi connectivity index (χ0) is 17.8. The van der Waals surface area contributed by atoms with E-state index in [0.717, 1.165) is 11.5 Å². The van der Waals surface area contributed by atoms with E-state index in [-0.39, 0.29) is 5.91 Å². The lowest BCUT2D eigenvalue weighted by Gasteiger charge is -2.02. The van der Waals surface area contributed by atoms with Crippen molar-refractivity contribution < 1.29 is 4.79 Å². The summed E-state index contributed by atoms with van der Waals surface area (Å²) in [6, 6.07) is 6.68. The lowest BCUT2D eigenvalue weighted by atomic mass is 10.2. The number of benzene rings is 1. The van der Waals surface area contributed by atoms with Crippen molar-refractivity contribution in [2.45, 2.75) is 13.0 Å². The number of allylic oxidation sites excluding steroid dienone is 1. The summed E-state index contributed by atoms with van der Waals surface area (Å²) in [5.74, 6) is 0.540. The van der Waals surface area contributed by atoms with Gasteiger partial charge in [-0.3, -0.25) is 19.8 Å². The molecule has 9 heteroatoms. The maximum atomic E-state index is 12.2. The molecule has 2 aromatic heterocycles. The second-order valence-electron chi connectivity index (χ2n) is 5.13. The molecule has 3 aromatic rings. The van der Waals surface area contributed by atoms with Crippen molar-refractivity contribution in [3.05, 3.63) is 69.2 Å². The van der Waals surface area contributed by atoms with Crippen molar-refractivity contribution in [2.24, 2.45) is 0 Å². The van der Waals surface area contributed by atoms with Gasteiger partial charge in [0.25, 0.3) is 5.91 Å². The van der Waals surface area contributed by atoms with Crippen molar-refractivity contribution in [3.63, 3.8) is 0 Å². The molecule has 0 bridgehead atoms. The van der Waals surface area contributed by atoms with Gasteiger partial charge in [0.2, 0.25) is 0 Å². The van der Waals surface area contributed by atoms with Crippen molar-refractivity contribution in [3.8, 4) is 0 Å². The second kappa shape index (κ2) is 7.73. The molecular weight excluding hydrogens is 378 g/mol. The number of amides is 1. The number of hydrogen-bond acceptors (Lipinski definition) is 5. The number of rotatable bonds is 6. The number of thiazole rings is 1. The number of hydrogen-bond donors (Lipinski definition) is 2. The first kappa shape index (κ1) is 17.5. The summed E-state index contributed by atoms with van der Waals surface area (Å²) < 4.78 is 2.40. The smallest absolute Gasteiger partial charge is 0.257 e. The lowest BCUT2D eigenvalue weighted by Crippen LogP contribution is -2.11. The van der Waals surface area contributed by atoms with Gasteiger partial charge in [0, 0.05) is 22.5 Å². The Hall–Kier alpha value is -2.29. The maximum absolute atomic E-state index is 12.2. The van der Waals surface area contributed by atoms with Crippen LogP contribution in [-0.4, -0.2) is 25.7 Å². The fourth-order valence-corrected chi connectivity index (χ4v) is 3.24. The molecule has 0 aliphatic rings. The highest BCUT2D eigenvalue weighted by Crippen LogP contribution is 2.19. The van der Waals surface area contributed by atoms with Crippen molar-refractivity contribution in [1.29, 1.82) is 0 Å². The summed E-state index contributed by atoms with van der Waals surface area (Å²) >= 11 is 12.4. The second-order valence-corrected chi connectivity index (χ2v) is 6.81. The molecule has 25 heavy (non-hydrogen) atoms. The minimum absolute atomic E-state index is 0.230. The first-order valence-electron chi connectivity index (χ1n) is 7.33. The van der Waals surface area contributed by atoms with E-state index in [1.165, 1.54) is 11.3 Å². The van der Waals surface area contributed by atoms with Crippen LogP contribution in [0.5, 0.6) is 0 Å². The van der Waals surface area contributed by atoms with Gasteiger partial charge in [-0.1, -0.05) is 17.7 Å². The number of nitrogens with zero attached hydrogens (tertiary/aromatic N) is 3. The predicted molar refractivity (Wildman–Crippen MR) is 102 cm³/mol. The summed E-state index contributed by atoms with van der Waals surface area (Å²) in [7, 11) is 0. The van der Waals surface area contributed by atoms with E-state index in [9.17, 15) is 4.79 Å². The monoisotopic (exact) mass is 391 g/mol. The fraction of sp³-hybridized carbons (Fsp3) is 0.125. The van der Waals surface area contributed by atoms with E-state index in [4.69, 9.17) is 23.8 Å². The van der Waals surface area contributed by atoms with Crippen molar-refractivity contribution >= 4 is 46.2 Å². The maximum Gasteiger partial charge on any atom is 0.257 e. The number of aromatic nitrogens is 4. The molecule has 0 radical (unpaired) electrons. The van der Waals surface area contributed by atoms with E-state index >= 15 is 0 Å². The van der Waals surface area contributed by atoms with E-state index < -0.39 is 0 Å². The first-order valence-corrected chi connectivity index (χ1v) is 8.99. The quantitative estimate of drug-likeness (QED) is 0.490. The van der Waals surface area contributed by atoms with Gasteiger partial charge < -0.3 is 0 Å². The molecule has 0 aliphatic carbocycles. The van der Waals surface area contributed by atoms with E-state index in [0.29, 0.717) is 33.5 Å². The van der Waals surface area contributed by atoms with Gasteiger partial charge in [0.15, 0.2) is 9.90 Å². The normalized spacial score (nSPS) is 10.6. The van der Waals surface area contributed by atoms with Crippen LogP contribution in [0, 0.1) is 4.77 Å². The standard InChI is InChI=1S/C16H14ClN5OS2/c1-2-7-22-13(20-21-16(22)24)8-12-9-25-15(18-12)19-14(23)10-3-5-11(17)6-4-10/h2-6,9H,1,7-8H2,(H,21,24)(H,18,19,23). The molecule has 6 nitrogen and oxygen atoms in total. The molecule has 0 spiro atoms. The van der Waals surface area contributed by atoms with Gasteiger partial charge in [-0.25, -0.2) is 4.98 Å². The highest BCUT2D eigenvalue weighted by atomic mass is 35.5. The molecular formula is C16H14ClN5OS2. The van der Waals surface area contributed by atoms with Crippen molar-refractivity contribution in [1.82, 2.24) is 19.7 Å². The third-order valence-corrected chi connectivity index (χ3v) is 4.74. The first-order chi connectivity index (χ1) is 12.1. The van der Waals surface area contributed by atoms with Crippen LogP contribution in [0.1, 0.15) is 21.9 Å². The SMILES string of the molecule is C=CCn1c(Cc2csc(NC(=O)c3ccc(Cl)cc3)n2)n[nH]c1=S. The predicted octanol–water partition coefficient (Wildman–Crippen LogP) is 4.08. The number of carbonyl (C=O) groups excluding carboxylic acids is 1. The van der Waals surface area contributed by atoms with Gasteiger partial charge in [0.05, 0.1) is 12.1 Å². The highest BCUT2D eigenvalue weighted by Gasteiger charge is 2.12. The van der Waals surface area contributed by atoms with E-state index in [1.807, 2.05) is 9.95 Å². The van der Waals surface area contributed by atoms with Crippen LogP contribution >= 0.6 is 35.2 Å². The molecule has 0 fully saturated rings. The zero-order valence-electron chi connectivity index (χ0n) is 13.0. The molecule has 2 N–H and O–H groups in total. The molecule has 2 heterocycles. The fourth-order valence-electron chi connectivity index (χ4n) is 2.18. The average molecular weight is 392 g/mol. The van der Waals surface area contributed by atoms with Gasteiger partial charge in [0.1, 0.15) is 5.82 Å². The summed E-state index contributed by atoms with van der Waals surface area (Å²) in [6.45, 7) is 4.30. The third-order valence-electron chi connectivity index (χ3n) is 3.37. The highest BCUT2D eigenvalue weighted by molar-refractivity contribution is 7.71. The van der Waals surface area contributed by atoms with Crippen LogP contribution in [0.4, 0.5) is 5.13 Å². The molecule has 1 amide bonds. The Morgan fingerprint density at radius 2 is 2.20 bits per heavy atom. The Morgan fingerprint density at radius 1 is 1.44 bits per heavy atom. The Labute approximate surface area is 158 Å². The molecule has 0 unspecified atom stereocenters. The summed E-state index contributed by atoms with van der Waals surface area (Å²) in [6.07, 6.45) is 2.27. The van der Waals surface area contributed by atoms with Crippen LogP contribution < -0.4 is 5.32 Å². The Morgan fingerprint density at radius 3 is 2.92 bits per heavy atom. The van der Waals surface area contributed by atoms with Crippen LogP contribution in [0.3, 0.4) is 0 Å².